The predicted octanol–water partition coefficient (Wildman–Crippen LogP) is 4.25. The monoisotopic (exact) mass is 297 g/mol. The molecule has 0 bridgehead atoms. The number of nitrogens with zero attached hydrogens (tertiary/aromatic N) is 1. The van der Waals surface area contributed by atoms with Gasteiger partial charge < -0.3 is 4.74 Å². The van der Waals surface area contributed by atoms with Crippen molar-refractivity contribution in [2.45, 2.75) is 18.4 Å². The number of ether oxygens (including phenoxy) is 1. The smallest absolute Gasteiger partial charge is 0.343 e. The molecule has 20 heavy (non-hydrogen) atoms. The van der Waals surface area contributed by atoms with Crippen LogP contribution in [0.4, 0.5) is 13.2 Å². The van der Waals surface area contributed by atoms with E-state index in [4.69, 9.17) is 10.00 Å². The van der Waals surface area contributed by atoms with Gasteiger partial charge in [0, 0.05) is 0 Å². The summed E-state index contributed by atoms with van der Waals surface area (Å²) in [6, 6.07) is 12.5. The second kappa shape index (κ2) is 5.65. The normalized spacial score (nSPS) is 14.5. The molecule has 1 aromatic carbocycles. The van der Waals surface area contributed by atoms with Crippen molar-refractivity contribution >= 4 is 11.3 Å². The summed E-state index contributed by atoms with van der Waals surface area (Å²) in [6.45, 7) is -0.286. The van der Waals surface area contributed by atoms with Crippen LogP contribution in [0.25, 0.3) is 0 Å². The molecular formula is C14H10F3NOS. The summed E-state index contributed by atoms with van der Waals surface area (Å²) in [5.74, 6) is 0. The molecule has 0 saturated heterocycles. The molecule has 1 aromatic heterocycles. The lowest BCUT2D eigenvalue weighted by Gasteiger charge is -2.28. The Balaban J connectivity index is 2.31. The first-order chi connectivity index (χ1) is 9.49. The first-order valence-electron chi connectivity index (χ1n) is 5.69. The molecule has 6 heteroatoms. The maximum atomic E-state index is 13.3. The van der Waals surface area contributed by atoms with Crippen LogP contribution in [0.2, 0.25) is 0 Å². The highest BCUT2D eigenvalue weighted by Gasteiger charge is 2.59. The molecule has 2 aromatic rings. The molecule has 1 unspecified atom stereocenters. The molecule has 0 aliphatic carbocycles. The minimum absolute atomic E-state index is 0.163. The predicted molar refractivity (Wildman–Crippen MR) is 68.9 cm³/mol. The van der Waals surface area contributed by atoms with Gasteiger partial charge in [0.15, 0.2) is 0 Å². The highest BCUT2D eigenvalue weighted by Crippen LogP contribution is 2.44. The third-order valence-electron chi connectivity index (χ3n) is 2.72. The van der Waals surface area contributed by atoms with E-state index in [1.165, 1.54) is 23.6 Å². The van der Waals surface area contributed by atoms with Gasteiger partial charge >= 0.3 is 6.18 Å². The number of hydrogen-bond acceptors (Lipinski definition) is 3. The maximum absolute atomic E-state index is 13.3. The van der Waals surface area contributed by atoms with Crippen molar-refractivity contribution < 1.29 is 17.9 Å². The summed E-state index contributed by atoms with van der Waals surface area (Å²) < 4.78 is 44.9. The van der Waals surface area contributed by atoms with E-state index in [2.05, 4.69) is 0 Å². The molecule has 1 heterocycles. The van der Waals surface area contributed by atoms with Gasteiger partial charge in [-0.15, -0.1) is 11.3 Å². The highest BCUT2D eigenvalue weighted by atomic mass is 32.1. The molecule has 0 amide bonds. The SMILES string of the molecule is N#CC(OCc1ccccc1)(c1cccs1)C(F)(F)F. The first-order valence-corrected chi connectivity index (χ1v) is 6.57. The Labute approximate surface area is 118 Å². The minimum Gasteiger partial charge on any atom is -0.343 e. The van der Waals surface area contributed by atoms with Crippen molar-refractivity contribution in [3.05, 3.63) is 58.3 Å². The fourth-order valence-electron chi connectivity index (χ4n) is 1.69. The van der Waals surface area contributed by atoms with Crippen LogP contribution in [0.15, 0.2) is 47.8 Å². The zero-order chi connectivity index (χ0) is 14.6. The fourth-order valence-corrected chi connectivity index (χ4v) is 2.54. The van der Waals surface area contributed by atoms with Crippen molar-refractivity contribution in [1.29, 1.82) is 5.26 Å². The van der Waals surface area contributed by atoms with Gasteiger partial charge in [0.05, 0.1) is 11.5 Å². The lowest BCUT2D eigenvalue weighted by atomic mass is 10.0. The number of thiophene rings is 1. The van der Waals surface area contributed by atoms with Crippen molar-refractivity contribution in [2.75, 3.05) is 0 Å². The third-order valence-corrected chi connectivity index (χ3v) is 3.69. The summed E-state index contributed by atoms with van der Waals surface area (Å²) >= 11 is 0.849. The summed E-state index contributed by atoms with van der Waals surface area (Å²) in [6.07, 6.45) is -4.80. The summed E-state index contributed by atoms with van der Waals surface area (Å²) in [7, 11) is 0. The topological polar surface area (TPSA) is 33.0 Å². The van der Waals surface area contributed by atoms with Crippen molar-refractivity contribution in [3.8, 4) is 6.07 Å². The Kier molecular flexibility index (Phi) is 4.12. The number of nitriles is 1. The molecule has 0 radical (unpaired) electrons. The Morgan fingerprint density at radius 2 is 1.80 bits per heavy atom. The van der Waals surface area contributed by atoms with E-state index < -0.39 is 11.8 Å². The molecular weight excluding hydrogens is 287 g/mol. The molecule has 0 aliphatic heterocycles. The summed E-state index contributed by atoms with van der Waals surface area (Å²) in [5.41, 5.74) is -2.34. The van der Waals surface area contributed by atoms with Crippen LogP contribution in [0.3, 0.4) is 0 Å². The van der Waals surface area contributed by atoms with Gasteiger partial charge in [-0.1, -0.05) is 36.4 Å². The van der Waals surface area contributed by atoms with Crippen LogP contribution in [0.1, 0.15) is 10.4 Å². The zero-order valence-corrected chi connectivity index (χ0v) is 11.0. The van der Waals surface area contributed by atoms with Gasteiger partial charge in [0.2, 0.25) is 0 Å². The van der Waals surface area contributed by atoms with E-state index in [9.17, 15) is 13.2 Å². The van der Waals surface area contributed by atoms with Crippen LogP contribution >= 0.6 is 11.3 Å². The largest absolute Gasteiger partial charge is 0.436 e. The number of benzene rings is 1. The molecule has 2 rings (SSSR count). The van der Waals surface area contributed by atoms with E-state index >= 15 is 0 Å². The van der Waals surface area contributed by atoms with E-state index in [-0.39, 0.29) is 11.5 Å². The van der Waals surface area contributed by atoms with E-state index in [1.54, 1.807) is 30.3 Å². The van der Waals surface area contributed by atoms with Gasteiger partial charge in [-0.3, -0.25) is 0 Å². The Bertz CT molecular complexity index is 589. The van der Waals surface area contributed by atoms with Crippen molar-refractivity contribution in [3.63, 3.8) is 0 Å². The average Bonchev–Trinajstić information content (AvgIpc) is 2.94. The average molecular weight is 297 g/mol. The standard InChI is InChI=1S/C14H10F3NOS/c15-14(16,17)13(10-18,12-7-4-8-20-12)19-9-11-5-2-1-3-6-11/h1-8H,9H2. The number of rotatable bonds is 4. The lowest BCUT2D eigenvalue weighted by Crippen LogP contribution is -2.42. The van der Waals surface area contributed by atoms with Crippen molar-refractivity contribution in [2.24, 2.45) is 0 Å². The van der Waals surface area contributed by atoms with Crippen LogP contribution < -0.4 is 0 Å². The molecule has 2 nitrogen and oxygen atoms in total. The molecule has 0 fully saturated rings. The van der Waals surface area contributed by atoms with Crippen LogP contribution in [0.5, 0.6) is 0 Å². The van der Waals surface area contributed by atoms with E-state index in [1.807, 2.05) is 0 Å². The van der Waals surface area contributed by atoms with Crippen LogP contribution in [-0.4, -0.2) is 6.18 Å². The minimum atomic E-state index is -4.80. The summed E-state index contributed by atoms with van der Waals surface area (Å²) in [4.78, 5) is -0.163. The lowest BCUT2D eigenvalue weighted by molar-refractivity contribution is -0.262. The van der Waals surface area contributed by atoms with E-state index in [0.717, 1.165) is 11.3 Å². The van der Waals surface area contributed by atoms with Gasteiger partial charge in [0.1, 0.15) is 6.07 Å². The Hall–Kier alpha value is -1.84. The van der Waals surface area contributed by atoms with Gasteiger partial charge in [-0.2, -0.15) is 18.4 Å². The second-order valence-electron chi connectivity index (χ2n) is 4.04. The number of alkyl halides is 3. The van der Waals surface area contributed by atoms with Crippen LogP contribution in [0, 0.1) is 11.3 Å². The highest BCUT2D eigenvalue weighted by molar-refractivity contribution is 7.10. The molecule has 0 N–H and O–H groups in total. The second-order valence-corrected chi connectivity index (χ2v) is 4.99. The molecule has 1 atom stereocenters. The molecule has 0 aliphatic rings. The third kappa shape index (κ3) is 2.69. The van der Waals surface area contributed by atoms with Gasteiger partial charge in [-0.25, -0.2) is 0 Å². The maximum Gasteiger partial charge on any atom is 0.436 e. The molecule has 0 spiro atoms. The van der Waals surface area contributed by atoms with Gasteiger partial charge in [0.25, 0.3) is 5.60 Å². The summed E-state index contributed by atoms with van der Waals surface area (Å²) in [5, 5.41) is 10.6. The van der Waals surface area contributed by atoms with Crippen LogP contribution in [-0.2, 0) is 16.9 Å². The first kappa shape index (κ1) is 14.6. The number of halogens is 3. The quantitative estimate of drug-likeness (QED) is 0.845. The molecule has 0 saturated carbocycles. The Morgan fingerprint density at radius 1 is 1.10 bits per heavy atom. The fraction of sp³-hybridized carbons (Fsp3) is 0.214. The van der Waals surface area contributed by atoms with Crippen molar-refractivity contribution in [1.82, 2.24) is 0 Å². The molecule has 104 valence electrons. The van der Waals surface area contributed by atoms with E-state index in [0.29, 0.717) is 5.56 Å². The number of hydrogen-bond donors (Lipinski definition) is 0. The van der Waals surface area contributed by atoms with Gasteiger partial charge in [-0.05, 0) is 17.0 Å². The Morgan fingerprint density at radius 3 is 2.30 bits per heavy atom. The zero-order valence-electron chi connectivity index (χ0n) is 10.2.